The van der Waals surface area contributed by atoms with Gasteiger partial charge in [0.15, 0.2) is 0 Å². The van der Waals surface area contributed by atoms with Crippen molar-refractivity contribution in [3.8, 4) is 17.0 Å². The second-order valence-electron chi connectivity index (χ2n) is 8.77. The molecular weight excluding hydrogens is 380 g/mol. The van der Waals surface area contributed by atoms with E-state index in [1.807, 2.05) is 38.1 Å². The molecule has 0 bridgehead atoms. The van der Waals surface area contributed by atoms with Gasteiger partial charge in [0.05, 0.1) is 6.42 Å². The Morgan fingerprint density at radius 3 is 2.40 bits per heavy atom. The molecule has 0 saturated heterocycles. The Balaban J connectivity index is 1.99. The number of hydrogen-bond donors (Lipinski definition) is 4. The molecule has 0 fully saturated rings. The average molecular weight is 408 g/mol. The number of phenols is 1. The monoisotopic (exact) mass is 408 g/mol. The highest BCUT2D eigenvalue weighted by molar-refractivity contribution is 5.97. The second-order valence-corrected chi connectivity index (χ2v) is 8.77. The van der Waals surface area contributed by atoms with Crippen LogP contribution in [0.25, 0.3) is 22.2 Å². The summed E-state index contributed by atoms with van der Waals surface area (Å²) < 4.78 is 0. The van der Waals surface area contributed by atoms with Crippen molar-refractivity contribution in [1.82, 2.24) is 4.98 Å². The fraction of sp³-hybridized carbons (Fsp3) is 0.333. The van der Waals surface area contributed by atoms with Crippen molar-refractivity contribution in [2.45, 2.75) is 52.9 Å². The smallest absolute Gasteiger partial charge is 0.303 e. The summed E-state index contributed by atoms with van der Waals surface area (Å²) in [6.45, 7) is 10.1. The molecule has 0 saturated carbocycles. The molecule has 158 valence electrons. The molecule has 3 aromatic rings. The van der Waals surface area contributed by atoms with E-state index in [9.17, 15) is 14.7 Å². The van der Waals surface area contributed by atoms with E-state index in [1.54, 1.807) is 6.07 Å². The van der Waals surface area contributed by atoms with Crippen LogP contribution in [0.2, 0.25) is 0 Å². The highest BCUT2D eigenvalue weighted by atomic mass is 16.4. The fourth-order valence-corrected chi connectivity index (χ4v) is 3.63. The van der Waals surface area contributed by atoms with Crippen LogP contribution in [0, 0.1) is 13.8 Å². The van der Waals surface area contributed by atoms with Gasteiger partial charge in [0.1, 0.15) is 5.75 Å². The maximum atomic E-state index is 12.0. The van der Waals surface area contributed by atoms with Crippen molar-refractivity contribution < 1.29 is 19.8 Å². The number of anilines is 1. The van der Waals surface area contributed by atoms with Crippen LogP contribution in [0.1, 0.15) is 50.3 Å². The number of aryl methyl sites for hydroxylation is 2. The first-order chi connectivity index (χ1) is 14.0. The number of aromatic amines is 1. The van der Waals surface area contributed by atoms with Crippen LogP contribution in [0.15, 0.2) is 30.3 Å². The summed E-state index contributed by atoms with van der Waals surface area (Å²) in [7, 11) is 0. The number of rotatable bonds is 5. The molecule has 6 heteroatoms. The number of hydrogen-bond acceptors (Lipinski definition) is 3. The van der Waals surface area contributed by atoms with Crippen LogP contribution in [-0.2, 0) is 15.0 Å². The molecule has 1 aromatic heterocycles. The van der Waals surface area contributed by atoms with E-state index >= 15 is 0 Å². The number of H-pyrrole nitrogens is 1. The molecule has 30 heavy (non-hydrogen) atoms. The van der Waals surface area contributed by atoms with Gasteiger partial charge in [0, 0.05) is 34.3 Å². The van der Waals surface area contributed by atoms with Crippen LogP contribution in [-0.4, -0.2) is 27.1 Å². The highest BCUT2D eigenvalue weighted by Gasteiger charge is 2.22. The minimum absolute atomic E-state index is 0.0624. The van der Waals surface area contributed by atoms with Gasteiger partial charge in [-0.25, -0.2) is 0 Å². The van der Waals surface area contributed by atoms with Crippen molar-refractivity contribution in [2.75, 3.05) is 5.32 Å². The van der Waals surface area contributed by atoms with E-state index in [4.69, 9.17) is 5.11 Å². The Bertz CT molecular complexity index is 1140. The molecule has 0 aliphatic heterocycles. The van der Waals surface area contributed by atoms with E-state index in [0.29, 0.717) is 11.4 Å². The minimum atomic E-state index is -0.995. The first-order valence-corrected chi connectivity index (χ1v) is 9.96. The van der Waals surface area contributed by atoms with Crippen molar-refractivity contribution in [3.63, 3.8) is 0 Å². The summed E-state index contributed by atoms with van der Waals surface area (Å²) in [4.78, 5) is 26.1. The second kappa shape index (κ2) is 7.86. The quantitative estimate of drug-likeness (QED) is 0.462. The third-order valence-corrected chi connectivity index (χ3v) is 5.31. The molecule has 0 aliphatic carbocycles. The lowest BCUT2D eigenvalue weighted by atomic mass is 9.83. The van der Waals surface area contributed by atoms with Gasteiger partial charge in [-0.3, -0.25) is 9.59 Å². The third kappa shape index (κ3) is 4.32. The number of carboxylic acid groups (broad SMARTS) is 1. The van der Waals surface area contributed by atoms with E-state index in [0.717, 1.165) is 38.9 Å². The number of aromatic hydroxyl groups is 1. The average Bonchev–Trinajstić information content (AvgIpc) is 2.97. The van der Waals surface area contributed by atoms with Gasteiger partial charge in [-0.15, -0.1) is 0 Å². The zero-order chi connectivity index (χ0) is 22.2. The Morgan fingerprint density at radius 2 is 1.77 bits per heavy atom. The van der Waals surface area contributed by atoms with Gasteiger partial charge in [0.25, 0.3) is 0 Å². The lowest BCUT2D eigenvalue weighted by molar-refractivity contribution is -0.138. The molecule has 0 unspecified atom stereocenters. The van der Waals surface area contributed by atoms with E-state index in [2.05, 4.69) is 31.1 Å². The van der Waals surface area contributed by atoms with E-state index < -0.39 is 5.97 Å². The number of carbonyl (C=O) groups excluding carboxylic acids is 1. The van der Waals surface area contributed by atoms with Crippen molar-refractivity contribution >= 4 is 28.5 Å². The number of fused-ring (bicyclic) bond motifs is 1. The molecule has 1 heterocycles. The maximum absolute atomic E-state index is 12.0. The molecule has 2 aromatic carbocycles. The zero-order valence-corrected chi connectivity index (χ0v) is 18.0. The lowest BCUT2D eigenvalue weighted by Crippen LogP contribution is -2.13. The summed E-state index contributed by atoms with van der Waals surface area (Å²) in [6.07, 6.45) is -0.259. The summed E-state index contributed by atoms with van der Waals surface area (Å²) in [5.41, 5.74) is 6.08. The summed E-state index contributed by atoms with van der Waals surface area (Å²) >= 11 is 0. The minimum Gasteiger partial charge on any atom is -0.507 e. The van der Waals surface area contributed by atoms with Gasteiger partial charge in [-0.05, 0) is 66.3 Å². The SMILES string of the molecule is Cc1cc(-c2[nH]c3ccc(NC(=O)CCC(=O)O)cc3c2C)cc(C(C)(C)C)c1O. The molecule has 4 N–H and O–H groups in total. The molecular formula is C24H28N2O4. The normalized spacial score (nSPS) is 11.6. The Labute approximate surface area is 175 Å². The van der Waals surface area contributed by atoms with Gasteiger partial charge in [0.2, 0.25) is 5.91 Å². The van der Waals surface area contributed by atoms with Crippen LogP contribution in [0.3, 0.4) is 0 Å². The number of benzene rings is 2. The number of nitrogens with one attached hydrogen (secondary N) is 2. The number of phenolic OH excluding ortho intramolecular Hbond substituents is 1. The lowest BCUT2D eigenvalue weighted by Gasteiger charge is -2.22. The predicted molar refractivity (Wildman–Crippen MR) is 119 cm³/mol. The van der Waals surface area contributed by atoms with Crippen LogP contribution < -0.4 is 5.32 Å². The Morgan fingerprint density at radius 1 is 1.07 bits per heavy atom. The van der Waals surface area contributed by atoms with Crippen molar-refractivity contribution in [3.05, 3.63) is 47.0 Å². The first-order valence-electron chi connectivity index (χ1n) is 9.96. The number of aliphatic carboxylic acids is 1. The number of carbonyl (C=O) groups is 2. The largest absolute Gasteiger partial charge is 0.507 e. The summed E-state index contributed by atoms with van der Waals surface area (Å²) in [5, 5.41) is 23.0. The number of amides is 1. The molecule has 0 atom stereocenters. The highest BCUT2D eigenvalue weighted by Crippen LogP contribution is 2.39. The number of aromatic nitrogens is 1. The summed E-state index contributed by atoms with van der Waals surface area (Å²) in [6, 6.07) is 9.58. The Kier molecular flexibility index (Phi) is 5.61. The zero-order valence-electron chi connectivity index (χ0n) is 18.0. The topological polar surface area (TPSA) is 102 Å². The Hall–Kier alpha value is -3.28. The predicted octanol–water partition coefficient (Wildman–Crippen LogP) is 5.26. The molecule has 6 nitrogen and oxygen atoms in total. The maximum Gasteiger partial charge on any atom is 0.303 e. The van der Waals surface area contributed by atoms with Gasteiger partial charge < -0.3 is 20.5 Å². The summed E-state index contributed by atoms with van der Waals surface area (Å²) in [5.74, 6) is -0.994. The fourth-order valence-electron chi connectivity index (χ4n) is 3.63. The van der Waals surface area contributed by atoms with E-state index in [-0.39, 0.29) is 24.2 Å². The van der Waals surface area contributed by atoms with Crippen LogP contribution >= 0.6 is 0 Å². The van der Waals surface area contributed by atoms with Crippen molar-refractivity contribution in [2.24, 2.45) is 0 Å². The van der Waals surface area contributed by atoms with Gasteiger partial charge in [-0.2, -0.15) is 0 Å². The molecule has 0 radical (unpaired) electrons. The van der Waals surface area contributed by atoms with E-state index in [1.165, 1.54) is 0 Å². The standard InChI is InChI=1S/C24H28N2O4/c1-13-10-15(11-18(23(13)30)24(3,4)5)22-14(2)17-12-16(6-7-19(17)26-22)25-20(27)8-9-21(28)29/h6-7,10-12,26,30H,8-9H2,1-5H3,(H,25,27)(H,28,29). The molecule has 0 spiro atoms. The van der Waals surface area contributed by atoms with Crippen LogP contribution in [0.4, 0.5) is 5.69 Å². The van der Waals surface area contributed by atoms with Gasteiger partial charge in [-0.1, -0.05) is 20.8 Å². The molecule has 3 rings (SSSR count). The third-order valence-electron chi connectivity index (χ3n) is 5.31. The van der Waals surface area contributed by atoms with Crippen molar-refractivity contribution in [1.29, 1.82) is 0 Å². The van der Waals surface area contributed by atoms with Crippen LogP contribution in [0.5, 0.6) is 5.75 Å². The molecule has 0 aliphatic rings. The first kappa shape index (κ1) is 21.4. The molecule has 1 amide bonds. The van der Waals surface area contributed by atoms with Gasteiger partial charge >= 0.3 is 5.97 Å². The number of carboxylic acids is 1.